The standard InChI is InChI=1S/C17H25N3O3/c1-13(19-8-10-23-11-9-19)14-4-6-20(7-5-14)16-3-2-15(12-18-16)17(21)22/h2-3,12-14H,4-11H2,1H3,(H,21,22)/t13-/m1/s1. The molecular formula is C17H25N3O3. The molecule has 6 nitrogen and oxygen atoms in total. The van der Waals surface area contributed by atoms with Gasteiger partial charge in [0.05, 0.1) is 18.8 Å². The molecule has 0 unspecified atom stereocenters. The number of ether oxygens (including phenoxy) is 1. The van der Waals surface area contributed by atoms with E-state index in [1.54, 1.807) is 6.07 Å². The summed E-state index contributed by atoms with van der Waals surface area (Å²) >= 11 is 0. The highest BCUT2D eigenvalue weighted by atomic mass is 16.5. The first-order chi connectivity index (χ1) is 11.1. The number of carbonyl (C=O) groups is 1. The van der Waals surface area contributed by atoms with Gasteiger partial charge >= 0.3 is 5.97 Å². The van der Waals surface area contributed by atoms with Crippen molar-refractivity contribution in [3.05, 3.63) is 23.9 Å². The fourth-order valence-electron chi connectivity index (χ4n) is 3.59. The Balaban J connectivity index is 1.54. The van der Waals surface area contributed by atoms with Crippen LogP contribution in [-0.4, -0.2) is 66.4 Å². The van der Waals surface area contributed by atoms with Crippen LogP contribution < -0.4 is 4.90 Å². The molecule has 3 rings (SSSR count). The van der Waals surface area contributed by atoms with Crippen molar-refractivity contribution in [2.24, 2.45) is 5.92 Å². The van der Waals surface area contributed by atoms with E-state index in [0.29, 0.717) is 12.0 Å². The van der Waals surface area contributed by atoms with Gasteiger partial charge in [-0.2, -0.15) is 0 Å². The molecule has 0 saturated carbocycles. The van der Waals surface area contributed by atoms with Crippen LogP contribution in [0.5, 0.6) is 0 Å². The molecule has 1 N–H and O–H groups in total. The Morgan fingerprint density at radius 1 is 1.26 bits per heavy atom. The third kappa shape index (κ3) is 3.82. The van der Waals surface area contributed by atoms with E-state index in [-0.39, 0.29) is 5.56 Å². The molecule has 1 aromatic rings. The predicted molar refractivity (Wildman–Crippen MR) is 88.0 cm³/mol. The van der Waals surface area contributed by atoms with Gasteiger partial charge in [0.1, 0.15) is 5.82 Å². The zero-order valence-electron chi connectivity index (χ0n) is 13.6. The topological polar surface area (TPSA) is 65.9 Å². The smallest absolute Gasteiger partial charge is 0.337 e. The summed E-state index contributed by atoms with van der Waals surface area (Å²) in [5.74, 6) is 0.664. The Morgan fingerprint density at radius 2 is 1.96 bits per heavy atom. The molecule has 0 spiro atoms. The van der Waals surface area contributed by atoms with Gasteiger partial charge in [0.25, 0.3) is 0 Å². The molecule has 0 amide bonds. The van der Waals surface area contributed by atoms with Crippen molar-refractivity contribution >= 4 is 11.8 Å². The second-order valence-corrected chi connectivity index (χ2v) is 6.42. The first-order valence-corrected chi connectivity index (χ1v) is 8.41. The third-order valence-electron chi connectivity index (χ3n) is 5.16. The number of morpholine rings is 1. The minimum absolute atomic E-state index is 0.240. The molecule has 2 aliphatic rings. The third-order valence-corrected chi connectivity index (χ3v) is 5.16. The van der Waals surface area contributed by atoms with E-state index in [9.17, 15) is 4.79 Å². The summed E-state index contributed by atoms with van der Waals surface area (Å²) in [6.07, 6.45) is 3.75. The van der Waals surface area contributed by atoms with Crippen LogP contribution in [0.4, 0.5) is 5.82 Å². The number of carboxylic acid groups (broad SMARTS) is 1. The van der Waals surface area contributed by atoms with E-state index in [2.05, 4.69) is 21.7 Å². The lowest BCUT2D eigenvalue weighted by atomic mass is 9.89. The van der Waals surface area contributed by atoms with Gasteiger partial charge in [-0.15, -0.1) is 0 Å². The highest BCUT2D eigenvalue weighted by molar-refractivity contribution is 5.87. The number of nitrogens with zero attached hydrogens (tertiary/aromatic N) is 3. The summed E-state index contributed by atoms with van der Waals surface area (Å²) in [7, 11) is 0. The van der Waals surface area contributed by atoms with E-state index in [1.807, 2.05) is 6.07 Å². The van der Waals surface area contributed by atoms with Crippen LogP contribution in [0.25, 0.3) is 0 Å². The van der Waals surface area contributed by atoms with Crippen molar-refractivity contribution in [3.8, 4) is 0 Å². The van der Waals surface area contributed by atoms with Crippen LogP contribution in [0, 0.1) is 5.92 Å². The maximum absolute atomic E-state index is 10.9. The van der Waals surface area contributed by atoms with Crippen molar-refractivity contribution in [3.63, 3.8) is 0 Å². The SMILES string of the molecule is C[C@H](C1CCN(c2ccc(C(=O)O)cn2)CC1)N1CCOCC1. The molecule has 2 fully saturated rings. The Labute approximate surface area is 137 Å². The van der Waals surface area contributed by atoms with Crippen LogP contribution in [0.1, 0.15) is 30.1 Å². The highest BCUT2D eigenvalue weighted by Crippen LogP contribution is 2.27. The van der Waals surface area contributed by atoms with Crippen LogP contribution in [0.15, 0.2) is 18.3 Å². The zero-order chi connectivity index (χ0) is 16.2. The fraction of sp³-hybridized carbons (Fsp3) is 0.647. The van der Waals surface area contributed by atoms with Crippen LogP contribution in [-0.2, 0) is 4.74 Å². The molecule has 0 radical (unpaired) electrons. The van der Waals surface area contributed by atoms with E-state index in [1.165, 1.54) is 6.20 Å². The Kier molecular flexibility index (Phi) is 5.13. The molecule has 2 saturated heterocycles. The minimum atomic E-state index is -0.929. The average molecular weight is 319 g/mol. The largest absolute Gasteiger partial charge is 0.478 e. The molecule has 2 aliphatic heterocycles. The quantitative estimate of drug-likeness (QED) is 0.911. The molecule has 126 valence electrons. The van der Waals surface area contributed by atoms with Crippen molar-refractivity contribution in [2.75, 3.05) is 44.3 Å². The number of hydrogen-bond acceptors (Lipinski definition) is 5. The van der Waals surface area contributed by atoms with Crippen LogP contribution in [0.3, 0.4) is 0 Å². The number of aromatic carboxylic acids is 1. The van der Waals surface area contributed by atoms with E-state index >= 15 is 0 Å². The Hall–Kier alpha value is -1.66. The summed E-state index contributed by atoms with van der Waals surface area (Å²) in [6, 6.07) is 4.05. The van der Waals surface area contributed by atoms with E-state index < -0.39 is 5.97 Å². The normalized spacial score (nSPS) is 22.0. The number of anilines is 1. The molecular weight excluding hydrogens is 294 g/mol. The van der Waals surface area contributed by atoms with Gasteiger partial charge in [-0.25, -0.2) is 9.78 Å². The van der Waals surface area contributed by atoms with Gasteiger partial charge in [-0.05, 0) is 37.8 Å². The molecule has 1 aromatic heterocycles. The predicted octanol–water partition coefficient (Wildman–Crippen LogP) is 1.72. The number of hydrogen-bond donors (Lipinski definition) is 1. The zero-order valence-corrected chi connectivity index (χ0v) is 13.6. The van der Waals surface area contributed by atoms with E-state index in [4.69, 9.17) is 9.84 Å². The lowest BCUT2D eigenvalue weighted by Gasteiger charge is -2.41. The Bertz CT molecular complexity index is 520. The summed E-state index contributed by atoms with van der Waals surface area (Å²) in [5, 5.41) is 8.94. The molecule has 0 aromatic carbocycles. The monoisotopic (exact) mass is 319 g/mol. The average Bonchev–Trinajstić information content (AvgIpc) is 2.62. The molecule has 6 heteroatoms. The van der Waals surface area contributed by atoms with Crippen molar-refractivity contribution in [1.82, 2.24) is 9.88 Å². The number of pyridine rings is 1. The summed E-state index contributed by atoms with van der Waals surface area (Å²) in [5.41, 5.74) is 0.240. The first-order valence-electron chi connectivity index (χ1n) is 8.41. The molecule has 0 aliphatic carbocycles. The summed E-state index contributed by atoms with van der Waals surface area (Å²) < 4.78 is 5.44. The van der Waals surface area contributed by atoms with Gasteiger partial charge in [-0.3, -0.25) is 4.90 Å². The molecule has 1 atom stereocenters. The minimum Gasteiger partial charge on any atom is -0.478 e. The number of rotatable bonds is 4. The summed E-state index contributed by atoms with van der Waals surface area (Å²) in [4.78, 5) is 20.0. The van der Waals surface area contributed by atoms with Crippen molar-refractivity contribution in [1.29, 1.82) is 0 Å². The van der Waals surface area contributed by atoms with E-state index in [0.717, 1.165) is 58.1 Å². The summed E-state index contributed by atoms with van der Waals surface area (Å²) in [6.45, 7) is 8.09. The lowest BCUT2D eigenvalue weighted by Crippen LogP contribution is -2.48. The van der Waals surface area contributed by atoms with Gasteiger partial charge in [0, 0.05) is 38.4 Å². The molecule has 3 heterocycles. The van der Waals surface area contributed by atoms with Crippen molar-refractivity contribution < 1.29 is 14.6 Å². The maximum Gasteiger partial charge on any atom is 0.337 e. The molecule has 0 bridgehead atoms. The lowest BCUT2D eigenvalue weighted by molar-refractivity contribution is 0.00448. The van der Waals surface area contributed by atoms with Crippen LogP contribution >= 0.6 is 0 Å². The maximum atomic E-state index is 10.9. The second kappa shape index (κ2) is 7.27. The van der Waals surface area contributed by atoms with Gasteiger partial charge in [-0.1, -0.05) is 0 Å². The molecule has 23 heavy (non-hydrogen) atoms. The fourth-order valence-corrected chi connectivity index (χ4v) is 3.59. The van der Waals surface area contributed by atoms with Gasteiger partial charge in [0.2, 0.25) is 0 Å². The van der Waals surface area contributed by atoms with Gasteiger partial charge < -0.3 is 14.7 Å². The highest BCUT2D eigenvalue weighted by Gasteiger charge is 2.28. The number of aromatic nitrogens is 1. The van der Waals surface area contributed by atoms with Crippen LogP contribution in [0.2, 0.25) is 0 Å². The number of carboxylic acids is 1. The Morgan fingerprint density at radius 3 is 2.52 bits per heavy atom. The van der Waals surface area contributed by atoms with Gasteiger partial charge in [0.15, 0.2) is 0 Å². The second-order valence-electron chi connectivity index (χ2n) is 6.42. The van der Waals surface area contributed by atoms with Crippen molar-refractivity contribution in [2.45, 2.75) is 25.8 Å². The first kappa shape index (κ1) is 16.2. The number of piperidine rings is 1.